The lowest BCUT2D eigenvalue weighted by Crippen LogP contribution is -2.50. The fourth-order valence-electron chi connectivity index (χ4n) is 3.12. The minimum Gasteiger partial charge on any atom is -0.444 e. The molecular formula is C21H37N3O4S. The summed E-state index contributed by atoms with van der Waals surface area (Å²) in [6, 6.07) is 7.70. The van der Waals surface area contributed by atoms with Crippen LogP contribution in [-0.2, 0) is 21.2 Å². The largest absolute Gasteiger partial charge is 0.444 e. The summed E-state index contributed by atoms with van der Waals surface area (Å²) in [6.07, 6.45) is 1.29. The molecule has 29 heavy (non-hydrogen) atoms. The minimum atomic E-state index is -3.31. The molecule has 7 nitrogen and oxygen atoms in total. The third-order valence-electron chi connectivity index (χ3n) is 4.22. The van der Waals surface area contributed by atoms with Gasteiger partial charge in [0.25, 0.3) is 0 Å². The smallest absolute Gasteiger partial charge is 0.407 e. The third-order valence-corrected chi connectivity index (χ3v) is 4.82. The zero-order valence-electron chi connectivity index (χ0n) is 18.9. The first-order chi connectivity index (χ1) is 13.2. The summed E-state index contributed by atoms with van der Waals surface area (Å²) in [7, 11) is -3.31. The molecule has 0 spiro atoms. The van der Waals surface area contributed by atoms with Crippen LogP contribution in [0.3, 0.4) is 0 Å². The van der Waals surface area contributed by atoms with Crippen molar-refractivity contribution >= 4 is 21.8 Å². The highest BCUT2D eigenvalue weighted by Gasteiger charge is 2.24. The maximum atomic E-state index is 12.4. The topological polar surface area (TPSA) is 87.7 Å². The van der Waals surface area contributed by atoms with Crippen molar-refractivity contribution in [1.82, 2.24) is 10.2 Å². The minimum absolute atomic E-state index is 0.150. The second-order valence-corrected chi connectivity index (χ2v) is 10.8. The highest BCUT2D eigenvalue weighted by Crippen LogP contribution is 2.15. The van der Waals surface area contributed by atoms with Gasteiger partial charge in [0.1, 0.15) is 5.60 Å². The van der Waals surface area contributed by atoms with E-state index in [0.717, 1.165) is 11.8 Å². The molecule has 0 aliphatic rings. The van der Waals surface area contributed by atoms with E-state index in [-0.39, 0.29) is 6.04 Å². The van der Waals surface area contributed by atoms with Crippen molar-refractivity contribution in [1.29, 1.82) is 0 Å². The Labute approximate surface area is 176 Å². The zero-order valence-corrected chi connectivity index (χ0v) is 19.8. The molecule has 0 heterocycles. The SMILES string of the molecule is CC(C)N(C[C@H](Cc1ccc(NS(C)(=O)=O)cc1)NC(=O)OC(C)(C)C)C(C)C. The maximum Gasteiger partial charge on any atom is 0.407 e. The van der Waals surface area contributed by atoms with Gasteiger partial charge in [0.05, 0.1) is 6.26 Å². The van der Waals surface area contributed by atoms with E-state index >= 15 is 0 Å². The molecular weight excluding hydrogens is 390 g/mol. The highest BCUT2D eigenvalue weighted by atomic mass is 32.2. The number of sulfonamides is 1. The van der Waals surface area contributed by atoms with E-state index in [9.17, 15) is 13.2 Å². The Bertz CT molecular complexity index is 745. The van der Waals surface area contributed by atoms with E-state index in [0.29, 0.717) is 30.7 Å². The van der Waals surface area contributed by atoms with Gasteiger partial charge in [-0.1, -0.05) is 12.1 Å². The Morgan fingerprint density at radius 3 is 2.00 bits per heavy atom. The monoisotopic (exact) mass is 427 g/mol. The number of hydrogen-bond donors (Lipinski definition) is 2. The summed E-state index contributed by atoms with van der Waals surface area (Å²) in [6.45, 7) is 14.7. The number of nitrogens with one attached hydrogen (secondary N) is 2. The normalized spacial score (nSPS) is 13.6. The van der Waals surface area contributed by atoms with Crippen molar-refractivity contribution in [3.63, 3.8) is 0 Å². The van der Waals surface area contributed by atoms with Crippen LogP contribution in [-0.4, -0.2) is 55.9 Å². The van der Waals surface area contributed by atoms with Gasteiger partial charge in [-0.25, -0.2) is 13.2 Å². The lowest BCUT2D eigenvalue weighted by Gasteiger charge is -2.34. The molecule has 0 aromatic heterocycles. The number of nitrogens with zero attached hydrogens (tertiary/aromatic N) is 1. The number of anilines is 1. The fourth-order valence-corrected chi connectivity index (χ4v) is 3.68. The van der Waals surface area contributed by atoms with Crippen molar-refractivity contribution in [2.75, 3.05) is 17.5 Å². The highest BCUT2D eigenvalue weighted by molar-refractivity contribution is 7.92. The number of ether oxygens (including phenoxy) is 1. The predicted molar refractivity (Wildman–Crippen MR) is 119 cm³/mol. The Hall–Kier alpha value is -1.80. The van der Waals surface area contributed by atoms with E-state index < -0.39 is 21.7 Å². The summed E-state index contributed by atoms with van der Waals surface area (Å²) in [4.78, 5) is 14.7. The molecule has 8 heteroatoms. The standard InChI is InChI=1S/C21H37N3O4S/c1-15(2)24(16(3)4)14-19(22-20(25)28-21(5,6)7)13-17-9-11-18(12-10-17)23-29(8,26)27/h9-12,15-16,19,23H,13-14H2,1-8H3,(H,22,25)/t19-/m0/s1. The maximum absolute atomic E-state index is 12.4. The number of amides is 1. The first-order valence-electron chi connectivity index (χ1n) is 9.98. The van der Waals surface area contributed by atoms with Gasteiger partial charge in [0.15, 0.2) is 0 Å². The van der Waals surface area contributed by atoms with E-state index in [1.807, 2.05) is 32.9 Å². The zero-order chi connectivity index (χ0) is 22.4. The van der Waals surface area contributed by atoms with Crippen LogP contribution in [0.2, 0.25) is 0 Å². The first-order valence-corrected chi connectivity index (χ1v) is 11.9. The molecule has 0 saturated carbocycles. The Morgan fingerprint density at radius 2 is 1.59 bits per heavy atom. The summed E-state index contributed by atoms with van der Waals surface area (Å²) in [5.74, 6) is 0. The van der Waals surface area contributed by atoms with Crippen LogP contribution in [0.4, 0.5) is 10.5 Å². The quantitative estimate of drug-likeness (QED) is 0.628. The van der Waals surface area contributed by atoms with Gasteiger partial charge in [-0.05, 0) is 72.6 Å². The second-order valence-electron chi connectivity index (χ2n) is 9.00. The molecule has 1 aromatic carbocycles. The van der Waals surface area contributed by atoms with Gasteiger partial charge < -0.3 is 10.1 Å². The lowest BCUT2D eigenvalue weighted by molar-refractivity contribution is 0.0477. The number of carbonyl (C=O) groups excluding carboxylic acids is 1. The average molecular weight is 428 g/mol. The van der Waals surface area contributed by atoms with Gasteiger partial charge in [-0.3, -0.25) is 9.62 Å². The van der Waals surface area contributed by atoms with Gasteiger partial charge in [-0.15, -0.1) is 0 Å². The van der Waals surface area contributed by atoms with E-state index in [4.69, 9.17) is 4.74 Å². The van der Waals surface area contributed by atoms with Crippen LogP contribution in [0.25, 0.3) is 0 Å². The molecule has 0 unspecified atom stereocenters. The fraction of sp³-hybridized carbons (Fsp3) is 0.667. The van der Waals surface area contributed by atoms with Crippen molar-refractivity contribution in [2.45, 2.75) is 78.6 Å². The second kappa shape index (κ2) is 10.3. The van der Waals surface area contributed by atoms with Crippen LogP contribution < -0.4 is 10.0 Å². The van der Waals surface area contributed by atoms with Crippen LogP contribution in [0, 0.1) is 0 Å². The summed E-state index contributed by atoms with van der Waals surface area (Å²) in [5.41, 5.74) is 0.945. The van der Waals surface area contributed by atoms with E-state index in [2.05, 4.69) is 42.6 Å². The molecule has 1 rings (SSSR count). The Balaban J connectivity index is 2.96. The van der Waals surface area contributed by atoms with Gasteiger partial charge in [0.2, 0.25) is 10.0 Å². The summed E-state index contributed by atoms with van der Waals surface area (Å²) < 4.78 is 30.6. The Kier molecular flexibility index (Phi) is 8.96. The molecule has 0 radical (unpaired) electrons. The molecule has 2 N–H and O–H groups in total. The van der Waals surface area contributed by atoms with Crippen molar-refractivity contribution in [3.8, 4) is 0 Å². The predicted octanol–water partition coefficient (Wildman–Crippen LogP) is 3.61. The Morgan fingerprint density at radius 1 is 1.07 bits per heavy atom. The van der Waals surface area contributed by atoms with Crippen LogP contribution in [0.15, 0.2) is 24.3 Å². The van der Waals surface area contributed by atoms with Crippen molar-refractivity contribution < 1.29 is 17.9 Å². The van der Waals surface area contributed by atoms with Crippen LogP contribution in [0.1, 0.15) is 54.0 Å². The number of benzene rings is 1. The number of hydrogen-bond acceptors (Lipinski definition) is 5. The van der Waals surface area contributed by atoms with Gasteiger partial charge >= 0.3 is 6.09 Å². The van der Waals surface area contributed by atoms with Crippen molar-refractivity contribution in [3.05, 3.63) is 29.8 Å². The molecule has 166 valence electrons. The summed E-state index contributed by atoms with van der Waals surface area (Å²) >= 11 is 0. The van der Waals surface area contributed by atoms with Crippen LogP contribution in [0.5, 0.6) is 0 Å². The summed E-state index contributed by atoms with van der Waals surface area (Å²) in [5, 5.41) is 3.00. The molecule has 0 aliphatic heterocycles. The van der Waals surface area contributed by atoms with Crippen molar-refractivity contribution in [2.24, 2.45) is 0 Å². The molecule has 0 fully saturated rings. The van der Waals surface area contributed by atoms with Gasteiger partial charge in [-0.2, -0.15) is 0 Å². The first kappa shape index (κ1) is 25.2. The van der Waals surface area contributed by atoms with E-state index in [1.54, 1.807) is 12.1 Å². The third kappa shape index (κ3) is 10.5. The van der Waals surface area contributed by atoms with Crippen LogP contribution >= 0.6 is 0 Å². The molecule has 0 bridgehead atoms. The van der Waals surface area contributed by atoms with E-state index in [1.165, 1.54) is 0 Å². The average Bonchev–Trinajstić information content (AvgIpc) is 2.50. The lowest BCUT2D eigenvalue weighted by atomic mass is 10.0. The van der Waals surface area contributed by atoms with Gasteiger partial charge in [0, 0.05) is 30.4 Å². The molecule has 0 aliphatic carbocycles. The number of carbonyl (C=O) groups is 1. The molecule has 1 amide bonds. The number of alkyl carbamates (subject to hydrolysis) is 1. The molecule has 1 aromatic rings. The molecule has 0 saturated heterocycles. The molecule has 1 atom stereocenters. The number of rotatable bonds is 9.